The zero-order valence-electron chi connectivity index (χ0n) is 17.7. The highest BCUT2D eigenvalue weighted by Crippen LogP contribution is 2.41. The Hall–Kier alpha value is -3.03. The molecule has 1 amide bonds. The average molecular weight is 456 g/mol. The molecule has 1 saturated heterocycles. The molecule has 3 heterocycles. The Morgan fingerprint density at radius 3 is 2.62 bits per heavy atom. The molecule has 0 saturated carbocycles. The number of amides is 1. The van der Waals surface area contributed by atoms with Crippen molar-refractivity contribution in [3.8, 4) is 11.5 Å². The van der Waals surface area contributed by atoms with Crippen LogP contribution in [0.5, 0.6) is 11.5 Å². The number of hydrogen-bond acceptors (Lipinski definition) is 6. The van der Waals surface area contributed by atoms with Crippen molar-refractivity contribution in [3.63, 3.8) is 0 Å². The maximum atomic E-state index is 13.6. The summed E-state index contributed by atoms with van der Waals surface area (Å²) in [5.41, 5.74) is 1.08. The van der Waals surface area contributed by atoms with Crippen LogP contribution in [0.4, 0.5) is 0 Å². The van der Waals surface area contributed by atoms with E-state index in [1.807, 2.05) is 6.07 Å². The van der Waals surface area contributed by atoms with Gasteiger partial charge in [0.05, 0.1) is 37.3 Å². The second-order valence-corrected chi connectivity index (χ2v) is 8.36. The number of carbonyl (C=O) groups is 1. The molecule has 1 aromatic heterocycles. The van der Waals surface area contributed by atoms with E-state index in [1.54, 1.807) is 49.5 Å². The van der Waals surface area contributed by atoms with Gasteiger partial charge in [-0.1, -0.05) is 17.7 Å². The third kappa shape index (κ3) is 3.32. The van der Waals surface area contributed by atoms with E-state index < -0.39 is 6.04 Å². The van der Waals surface area contributed by atoms with E-state index in [9.17, 15) is 9.59 Å². The van der Waals surface area contributed by atoms with Crippen LogP contribution in [-0.4, -0.2) is 44.3 Å². The van der Waals surface area contributed by atoms with Gasteiger partial charge in [-0.15, -0.1) is 0 Å². The molecule has 0 N–H and O–H groups in total. The highest BCUT2D eigenvalue weighted by atomic mass is 35.5. The lowest BCUT2D eigenvalue weighted by molar-refractivity contribution is 0.0486. The summed E-state index contributed by atoms with van der Waals surface area (Å²) in [5.74, 6) is 0.798. The Bertz CT molecular complexity index is 1260. The first-order chi connectivity index (χ1) is 15.5. The van der Waals surface area contributed by atoms with E-state index in [2.05, 4.69) is 0 Å². The third-order valence-electron chi connectivity index (χ3n) is 6.08. The number of methoxy groups -OCH3 is 2. The van der Waals surface area contributed by atoms with Gasteiger partial charge < -0.3 is 23.5 Å². The van der Waals surface area contributed by atoms with Crippen LogP contribution in [0, 0.1) is 0 Å². The Balaban J connectivity index is 1.71. The summed E-state index contributed by atoms with van der Waals surface area (Å²) in [6.07, 6.45) is 1.72. The molecule has 5 rings (SSSR count). The molecular formula is C24H22ClNO6. The minimum Gasteiger partial charge on any atom is -0.493 e. The second kappa shape index (κ2) is 8.15. The summed E-state index contributed by atoms with van der Waals surface area (Å²) in [6, 6.07) is 9.56. The van der Waals surface area contributed by atoms with Crippen LogP contribution >= 0.6 is 11.6 Å². The van der Waals surface area contributed by atoms with Gasteiger partial charge in [0.25, 0.3) is 5.91 Å². The number of benzene rings is 2. The van der Waals surface area contributed by atoms with Gasteiger partial charge in [-0.3, -0.25) is 9.59 Å². The van der Waals surface area contributed by atoms with Gasteiger partial charge in [-0.05, 0) is 48.7 Å². The minimum atomic E-state index is -0.638. The van der Waals surface area contributed by atoms with Crippen LogP contribution in [-0.2, 0) is 4.74 Å². The third-order valence-corrected chi connectivity index (χ3v) is 6.31. The lowest BCUT2D eigenvalue weighted by Crippen LogP contribution is -2.36. The summed E-state index contributed by atoms with van der Waals surface area (Å²) in [7, 11) is 3.10. The number of fused-ring (bicyclic) bond motifs is 2. The van der Waals surface area contributed by atoms with Crippen LogP contribution in [0.3, 0.4) is 0 Å². The number of nitrogens with zero attached hydrogens (tertiary/aromatic N) is 1. The summed E-state index contributed by atoms with van der Waals surface area (Å²) < 4.78 is 22.6. The Morgan fingerprint density at radius 2 is 1.91 bits per heavy atom. The average Bonchev–Trinajstić information content (AvgIpc) is 3.41. The van der Waals surface area contributed by atoms with Crippen LogP contribution < -0.4 is 14.9 Å². The zero-order valence-corrected chi connectivity index (χ0v) is 18.5. The second-order valence-electron chi connectivity index (χ2n) is 7.92. The maximum Gasteiger partial charge on any atom is 0.291 e. The first-order valence-electron chi connectivity index (χ1n) is 10.4. The zero-order chi connectivity index (χ0) is 22.4. The van der Waals surface area contributed by atoms with Gasteiger partial charge in [0.15, 0.2) is 16.9 Å². The van der Waals surface area contributed by atoms with Gasteiger partial charge in [0, 0.05) is 18.2 Å². The lowest BCUT2D eigenvalue weighted by Gasteiger charge is -2.27. The van der Waals surface area contributed by atoms with E-state index in [0.717, 1.165) is 18.4 Å². The molecule has 166 valence electrons. The fraction of sp³-hybridized carbons (Fsp3) is 0.333. The first kappa shape index (κ1) is 20.8. The van der Waals surface area contributed by atoms with Crippen molar-refractivity contribution < 1.29 is 23.4 Å². The number of halogens is 1. The van der Waals surface area contributed by atoms with Crippen molar-refractivity contribution in [1.29, 1.82) is 0 Å². The van der Waals surface area contributed by atoms with Gasteiger partial charge in [-0.2, -0.15) is 0 Å². The molecule has 3 aromatic rings. The van der Waals surface area contributed by atoms with Crippen LogP contribution in [0.25, 0.3) is 11.0 Å². The van der Waals surface area contributed by atoms with E-state index in [4.69, 9.17) is 30.2 Å². The van der Waals surface area contributed by atoms with E-state index in [0.29, 0.717) is 46.2 Å². The molecule has 0 aliphatic carbocycles. The fourth-order valence-corrected chi connectivity index (χ4v) is 4.73. The number of ether oxygens (including phenoxy) is 3. The quantitative estimate of drug-likeness (QED) is 0.574. The maximum absolute atomic E-state index is 13.6. The monoisotopic (exact) mass is 455 g/mol. The highest BCUT2D eigenvalue weighted by Gasteiger charge is 2.44. The number of rotatable bonds is 5. The molecular weight excluding hydrogens is 434 g/mol. The van der Waals surface area contributed by atoms with Crippen molar-refractivity contribution in [2.45, 2.75) is 25.0 Å². The smallest absolute Gasteiger partial charge is 0.291 e. The van der Waals surface area contributed by atoms with Crippen LogP contribution in [0.2, 0.25) is 5.02 Å². The predicted octanol–water partition coefficient (Wildman–Crippen LogP) is 4.19. The fourth-order valence-electron chi connectivity index (χ4n) is 4.56. The van der Waals surface area contributed by atoms with Crippen molar-refractivity contribution >= 4 is 28.5 Å². The summed E-state index contributed by atoms with van der Waals surface area (Å²) in [4.78, 5) is 28.7. The standard InChI is InChI=1S/C24H22ClNO6/c1-29-18-7-5-13(10-19(18)30-2)21-20-22(27)16-11-14(25)6-8-17(16)32-23(20)24(28)26(21)12-15-4-3-9-31-15/h5-8,10-11,15,21H,3-4,9,12H2,1-2H3/t15-,21-/m0/s1. The Morgan fingerprint density at radius 1 is 1.09 bits per heavy atom. The molecule has 2 aromatic carbocycles. The minimum absolute atomic E-state index is 0.0580. The first-order valence-corrected chi connectivity index (χ1v) is 10.8. The Labute approximate surface area is 189 Å². The summed E-state index contributed by atoms with van der Waals surface area (Å²) in [6.45, 7) is 1.03. The van der Waals surface area contributed by atoms with Gasteiger partial charge in [0.2, 0.25) is 5.76 Å². The van der Waals surface area contributed by atoms with E-state index in [-0.39, 0.29) is 23.2 Å². The lowest BCUT2D eigenvalue weighted by atomic mass is 9.97. The van der Waals surface area contributed by atoms with Crippen LogP contribution in [0.15, 0.2) is 45.6 Å². The summed E-state index contributed by atoms with van der Waals surface area (Å²) >= 11 is 6.13. The van der Waals surface area contributed by atoms with Gasteiger partial charge >= 0.3 is 0 Å². The van der Waals surface area contributed by atoms with Gasteiger partial charge in [0.1, 0.15) is 5.58 Å². The van der Waals surface area contributed by atoms with E-state index >= 15 is 0 Å². The van der Waals surface area contributed by atoms with Crippen LogP contribution in [0.1, 0.15) is 40.6 Å². The molecule has 2 aliphatic rings. The molecule has 8 heteroatoms. The normalized spacial score (nSPS) is 20.1. The van der Waals surface area contributed by atoms with E-state index in [1.165, 1.54) is 0 Å². The number of hydrogen-bond donors (Lipinski definition) is 0. The highest BCUT2D eigenvalue weighted by molar-refractivity contribution is 6.31. The SMILES string of the molecule is COc1ccc([C@H]2c3c(oc4ccc(Cl)cc4c3=O)C(=O)N2C[C@@H]2CCCO2)cc1OC. The molecule has 1 fully saturated rings. The molecule has 2 aliphatic heterocycles. The predicted molar refractivity (Wildman–Crippen MR) is 119 cm³/mol. The number of carbonyl (C=O) groups excluding carboxylic acids is 1. The topological polar surface area (TPSA) is 78.2 Å². The molecule has 0 radical (unpaired) electrons. The molecule has 0 spiro atoms. The molecule has 2 atom stereocenters. The molecule has 0 unspecified atom stereocenters. The Kier molecular flexibility index (Phi) is 5.31. The van der Waals surface area contributed by atoms with Crippen molar-refractivity contribution in [3.05, 3.63) is 68.5 Å². The van der Waals surface area contributed by atoms with Crippen molar-refractivity contribution in [1.82, 2.24) is 4.90 Å². The molecule has 32 heavy (non-hydrogen) atoms. The molecule has 0 bridgehead atoms. The van der Waals surface area contributed by atoms with Crippen molar-refractivity contribution in [2.75, 3.05) is 27.4 Å². The molecule has 7 nitrogen and oxygen atoms in total. The van der Waals surface area contributed by atoms with Crippen molar-refractivity contribution in [2.24, 2.45) is 0 Å². The van der Waals surface area contributed by atoms with Gasteiger partial charge in [-0.25, -0.2) is 0 Å². The summed E-state index contributed by atoms with van der Waals surface area (Å²) in [5, 5.41) is 0.765. The largest absolute Gasteiger partial charge is 0.493 e.